The van der Waals surface area contributed by atoms with Gasteiger partial charge in [0.05, 0.1) is 10.6 Å². The van der Waals surface area contributed by atoms with Gasteiger partial charge in [0.25, 0.3) is 5.56 Å². The maximum atomic E-state index is 12.7. The second-order valence-electron chi connectivity index (χ2n) is 7.90. The lowest BCUT2D eigenvalue weighted by atomic mass is 9.98. The molecule has 0 aliphatic rings. The lowest BCUT2D eigenvalue weighted by molar-refractivity contribution is -0.121. The summed E-state index contributed by atoms with van der Waals surface area (Å²) in [6, 6.07) is 0. The van der Waals surface area contributed by atoms with Gasteiger partial charge in [-0.3, -0.25) is 9.59 Å². The highest BCUT2D eigenvalue weighted by Gasteiger charge is 2.22. The lowest BCUT2D eigenvalue weighted by Gasteiger charge is -2.22. The van der Waals surface area contributed by atoms with Crippen LogP contribution in [0.1, 0.15) is 58.4 Å². The number of hydrogen-bond acceptors (Lipinski definition) is 5. The number of nitrogens with zero attached hydrogens (tertiary/aromatic N) is 1. The van der Waals surface area contributed by atoms with Crippen molar-refractivity contribution in [3.8, 4) is 0 Å². The molecule has 0 saturated carbocycles. The highest BCUT2D eigenvalue weighted by atomic mass is 32.2. The van der Waals surface area contributed by atoms with Gasteiger partial charge < -0.3 is 10.3 Å². The first kappa shape index (κ1) is 21.0. The second-order valence-corrected chi connectivity index (χ2v) is 10.4. The van der Waals surface area contributed by atoms with Gasteiger partial charge in [-0.05, 0) is 52.5 Å². The molecule has 7 heteroatoms. The van der Waals surface area contributed by atoms with Crippen LogP contribution in [0.3, 0.4) is 0 Å². The normalized spacial score (nSPS) is 14.4. The van der Waals surface area contributed by atoms with Crippen molar-refractivity contribution >= 4 is 39.2 Å². The van der Waals surface area contributed by atoms with Gasteiger partial charge in [-0.2, -0.15) is 0 Å². The molecule has 0 saturated heterocycles. The molecule has 0 aliphatic heterocycles. The van der Waals surface area contributed by atoms with Crippen LogP contribution in [0, 0.1) is 12.8 Å². The number of aryl methyl sites for hydroxylation is 1. The molecule has 2 aromatic rings. The number of H-pyrrole nitrogens is 1. The summed E-state index contributed by atoms with van der Waals surface area (Å²) in [6.07, 6.45) is 1.97. The first-order chi connectivity index (χ1) is 12.0. The number of thioether (sulfide) groups is 1. The van der Waals surface area contributed by atoms with Gasteiger partial charge in [0.2, 0.25) is 5.91 Å². The average Bonchev–Trinajstić information content (AvgIpc) is 2.81. The Morgan fingerprint density at radius 2 is 2.00 bits per heavy atom. The van der Waals surface area contributed by atoms with E-state index in [0.29, 0.717) is 16.5 Å². The van der Waals surface area contributed by atoms with Crippen molar-refractivity contribution in [3.05, 3.63) is 20.8 Å². The minimum atomic E-state index is -0.338. The van der Waals surface area contributed by atoms with Crippen LogP contribution in [-0.4, -0.2) is 26.7 Å². The predicted molar refractivity (Wildman–Crippen MR) is 111 cm³/mol. The number of aromatic nitrogens is 2. The van der Waals surface area contributed by atoms with Crippen molar-refractivity contribution in [2.45, 2.75) is 77.3 Å². The zero-order valence-electron chi connectivity index (χ0n) is 16.6. The highest BCUT2D eigenvalue weighted by molar-refractivity contribution is 8.00. The third kappa shape index (κ3) is 5.10. The van der Waals surface area contributed by atoms with E-state index < -0.39 is 0 Å². The molecule has 0 bridgehead atoms. The molecule has 2 heterocycles. The quantitative estimate of drug-likeness (QED) is 0.565. The molecule has 0 spiro atoms. The Hall–Kier alpha value is -1.34. The molecular weight excluding hydrogens is 366 g/mol. The Kier molecular flexibility index (Phi) is 6.55. The molecule has 0 unspecified atom stereocenters. The van der Waals surface area contributed by atoms with Gasteiger partial charge in [-0.15, -0.1) is 11.3 Å². The van der Waals surface area contributed by atoms with Crippen molar-refractivity contribution in [1.29, 1.82) is 0 Å². The Morgan fingerprint density at radius 3 is 2.58 bits per heavy atom. The van der Waals surface area contributed by atoms with Crippen molar-refractivity contribution in [1.82, 2.24) is 15.3 Å². The summed E-state index contributed by atoms with van der Waals surface area (Å²) < 4.78 is 0. The molecule has 1 amide bonds. The Labute approximate surface area is 163 Å². The molecule has 5 nitrogen and oxygen atoms in total. The summed E-state index contributed by atoms with van der Waals surface area (Å²) in [5, 5.41) is 3.83. The molecule has 2 atom stereocenters. The van der Waals surface area contributed by atoms with Gasteiger partial charge in [0, 0.05) is 10.4 Å². The standard InChI is InChI=1S/C19H29N3O2S2/c1-8-10(2)9-13-11(3)25-17-14(13)16(24)20-18(21-17)26-12(4)15(23)22-19(5,6)7/h10,12H,8-9H2,1-7H3,(H,22,23)(H,20,21,24)/t10-,12-/m0/s1. The van der Waals surface area contributed by atoms with E-state index in [1.54, 1.807) is 11.3 Å². The number of fused-ring (bicyclic) bond motifs is 1. The van der Waals surface area contributed by atoms with Crippen LogP contribution in [0.4, 0.5) is 0 Å². The summed E-state index contributed by atoms with van der Waals surface area (Å²) in [5.74, 6) is 0.464. The molecule has 2 rings (SSSR count). The summed E-state index contributed by atoms with van der Waals surface area (Å²) in [7, 11) is 0. The van der Waals surface area contributed by atoms with Crippen LogP contribution >= 0.6 is 23.1 Å². The molecule has 2 aromatic heterocycles. The number of carbonyl (C=O) groups excluding carboxylic acids is 1. The smallest absolute Gasteiger partial charge is 0.260 e. The SMILES string of the molecule is CC[C@H](C)Cc1c(C)sc2nc(S[C@@H](C)C(=O)NC(C)(C)C)[nH]c(=O)c12. The maximum absolute atomic E-state index is 12.7. The molecule has 0 aliphatic carbocycles. The van der Waals surface area contributed by atoms with Crippen molar-refractivity contribution < 1.29 is 4.79 Å². The van der Waals surface area contributed by atoms with Gasteiger partial charge in [0.1, 0.15) is 4.83 Å². The molecule has 144 valence electrons. The topological polar surface area (TPSA) is 74.8 Å². The number of rotatable bonds is 6. The number of aromatic amines is 1. The fourth-order valence-electron chi connectivity index (χ4n) is 2.64. The van der Waals surface area contributed by atoms with Gasteiger partial charge >= 0.3 is 0 Å². The monoisotopic (exact) mass is 395 g/mol. The van der Waals surface area contributed by atoms with E-state index in [2.05, 4.69) is 36.1 Å². The lowest BCUT2D eigenvalue weighted by Crippen LogP contribution is -2.44. The number of thiophene rings is 1. The molecule has 0 fully saturated rings. The zero-order chi connectivity index (χ0) is 19.6. The molecule has 0 radical (unpaired) electrons. The Balaban J connectivity index is 2.29. The van der Waals surface area contributed by atoms with Crippen LogP contribution in [0.15, 0.2) is 9.95 Å². The third-order valence-electron chi connectivity index (χ3n) is 4.25. The predicted octanol–water partition coefficient (Wildman–Crippen LogP) is 4.28. The third-order valence-corrected chi connectivity index (χ3v) is 6.27. The number of carbonyl (C=O) groups is 1. The van der Waals surface area contributed by atoms with Crippen molar-refractivity contribution in [3.63, 3.8) is 0 Å². The van der Waals surface area contributed by atoms with Crippen LogP contribution in [0.2, 0.25) is 0 Å². The second kappa shape index (κ2) is 8.13. The molecule has 26 heavy (non-hydrogen) atoms. The van der Waals surface area contributed by atoms with E-state index in [4.69, 9.17) is 0 Å². The average molecular weight is 396 g/mol. The summed E-state index contributed by atoms with van der Waals surface area (Å²) in [4.78, 5) is 34.3. The van der Waals surface area contributed by atoms with E-state index in [0.717, 1.165) is 28.1 Å². The van der Waals surface area contributed by atoms with E-state index in [1.165, 1.54) is 11.8 Å². The summed E-state index contributed by atoms with van der Waals surface area (Å²) in [6.45, 7) is 14.1. The van der Waals surface area contributed by atoms with Crippen LogP contribution in [0.25, 0.3) is 10.2 Å². The zero-order valence-corrected chi connectivity index (χ0v) is 18.3. The first-order valence-electron chi connectivity index (χ1n) is 9.02. The highest BCUT2D eigenvalue weighted by Crippen LogP contribution is 2.31. The first-order valence-corrected chi connectivity index (χ1v) is 10.7. The van der Waals surface area contributed by atoms with Gasteiger partial charge in [0.15, 0.2) is 5.16 Å². The maximum Gasteiger partial charge on any atom is 0.260 e. The van der Waals surface area contributed by atoms with Crippen LogP contribution < -0.4 is 10.9 Å². The minimum Gasteiger partial charge on any atom is -0.351 e. The van der Waals surface area contributed by atoms with E-state index in [-0.39, 0.29) is 22.3 Å². The Bertz CT molecular complexity index is 849. The van der Waals surface area contributed by atoms with E-state index >= 15 is 0 Å². The van der Waals surface area contributed by atoms with Crippen LogP contribution in [0.5, 0.6) is 0 Å². The van der Waals surface area contributed by atoms with E-state index in [9.17, 15) is 9.59 Å². The summed E-state index contributed by atoms with van der Waals surface area (Å²) >= 11 is 2.84. The van der Waals surface area contributed by atoms with Gasteiger partial charge in [-0.1, -0.05) is 32.0 Å². The van der Waals surface area contributed by atoms with E-state index in [1.807, 2.05) is 27.7 Å². The molecular formula is C19H29N3O2S2. The molecule has 0 aromatic carbocycles. The molecule has 2 N–H and O–H groups in total. The minimum absolute atomic E-state index is 0.0648. The fraction of sp³-hybridized carbons (Fsp3) is 0.632. The summed E-state index contributed by atoms with van der Waals surface area (Å²) in [5.41, 5.74) is 0.721. The number of nitrogens with one attached hydrogen (secondary N) is 2. The van der Waals surface area contributed by atoms with Crippen LogP contribution in [-0.2, 0) is 11.2 Å². The van der Waals surface area contributed by atoms with Crippen molar-refractivity contribution in [2.75, 3.05) is 0 Å². The largest absolute Gasteiger partial charge is 0.351 e. The van der Waals surface area contributed by atoms with Gasteiger partial charge in [-0.25, -0.2) is 4.98 Å². The Morgan fingerprint density at radius 1 is 1.35 bits per heavy atom. The fourth-order valence-corrected chi connectivity index (χ4v) is 4.55. The van der Waals surface area contributed by atoms with Crippen molar-refractivity contribution in [2.24, 2.45) is 5.92 Å². The number of amides is 1. The number of hydrogen-bond donors (Lipinski definition) is 2.